The summed E-state index contributed by atoms with van der Waals surface area (Å²) in [6, 6.07) is 16.1. The first-order valence-electron chi connectivity index (χ1n) is 17.5. The fraction of sp³-hybridized carbons (Fsp3) is 0.474. The monoisotopic (exact) mass is 716 g/mol. The molecular weight excluding hydrogens is 669 g/mol. The third-order valence-corrected chi connectivity index (χ3v) is 11.6. The van der Waals surface area contributed by atoms with Gasteiger partial charge in [-0.15, -0.1) is 0 Å². The van der Waals surface area contributed by atoms with Crippen LogP contribution < -0.4 is 0 Å². The number of rotatable bonds is 15. The van der Waals surface area contributed by atoms with Crippen molar-refractivity contribution in [1.82, 2.24) is 29.6 Å². The zero-order chi connectivity index (χ0) is 35.0. The average molecular weight is 717 g/mol. The predicted octanol–water partition coefficient (Wildman–Crippen LogP) is 5.95. The number of aromatic nitrogens is 2. The van der Waals surface area contributed by atoms with E-state index in [0.717, 1.165) is 83.6 Å². The van der Waals surface area contributed by atoms with E-state index >= 15 is 0 Å². The number of nitrogens with zero attached hydrogens (tertiary/aromatic N) is 6. The molecule has 2 fully saturated rings. The third-order valence-electron chi connectivity index (χ3n) is 9.17. The highest BCUT2D eigenvalue weighted by atomic mass is 33.1. The number of likely N-dealkylation sites (N-methyl/N-ethyl adjacent to an activating group) is 2. The number of para-hydroxylation sites is 2. The van der Waals surface area contributed by atoms with Crippen LogP contribution in [0, 0.1) is 0 Å². The lowest BCUT2D eigenvalue weighted by Gasteiger charge is -2.27. The summed E-state index contributed by atoms with van der Waals surface area (Å²) in [7, 11) is 11.3. The van der Waals surface area contributed by atoms with E-state index in [2.05, 4.69) is 21.9 Å². The first-order chi connectivity index (χ1) is 24.2. The summed E-state index contributed by atoms with van der Waals surface area (Å²) in [5, 5.41) is 1.85. The molecule has 2 atom stereocenters. The third kappa shape index (κ3) is 9.34. The number of pyridine rings is 2. The molecule has 10 nitrogen and oxygen atoms in total. The standard InChI is InChI=1S/C38H48N6O4S2/c1-41(2)15-17-43(25-31-11-7-19-47-31)37(45)29-21-27-9-5-13-33(35(27)39-23-29)49-50-34-14-6-10-28-22-30(24-40-36(28)34)38(46)44(18-16-42(3)4)26-32-12-8-20-48-32/h5-6,9-10,13-14,21-24,31-32H,7-8,11-12,15-20,25-26H2,1-4H3. The fourth-order valence-corrected chi connectivity index (χ4v) is 8.64. The molecule has 12 heteroatoms. The van der Waals surface area contributed by atoms with Crippen molar-refractivity contribution in [2.75, 3.05) is 80.7 Å². The van der Waals surface area contributed by atoms with Gasteiger partial charge in [-0.2, -0.15) is 0 Å². The largest absolute Gasteiger partial charge is 0.376 e. The van der Waals surface area contributed by atoms with Crippen molar-refractivity contribution in [2.24, 2.45) is 0 Å². The van der Waals surface area contributed by atoms with Crippen molar-refractivity contribution in [3.05, 3.63) is 72.1 Å². The van der Waals surface area contributed by atoms with Gasteiger partial charge in [0.15, 0.2) is 0 Å². The van der Waals surface area contributed by atoms with Crippen LogP contribution in [0.5, 0.6) is 0 Å². The number of carbonyl (C=O) groups is 2. The minimum atomic E-state index is -0.0171. The molecule has 2 aromatic carbocycles. The summed E-state index contributed by atoms with van der Waals surface area (Å²) in [5.41, 5.74) is 2.88. The lowest BCUT2D eigenvalue weighted by atomic mass is 10.1. The van der Waals surface area contributed by atoms with Crippen LogP contribution in [0.25, 0.3) is 21.8 Å². The highest BCUT2D eigenvalue weighted by molar-refractivity contribution is 8.76. The second kappa shape index (κ2) is 17.3. The number of ether oxygens (including phenoxy) is 2. The van der Waals surface area contributed by atoms with Crippen LogP contribution in [-0.2, 0) is 9.47 Å². The molecule has 4 aromatic rings. The maximum absolute atomic E-state index is 13.7. The number of hydrogen-bond donors (Lipinski definition) is 0. The van der Waals surface area contributed by atoms with E-state index in [0.29, 0.717) is 37.3 Å². The highest BCUT2D eigenvalue weighted by Crippen LogP contribution is 2.42. The lowest BCUT2D eigenvalue weighted by Crippen LogP contribution is -2.41. The molecule has 266 valence electrons. The zero-order valence-corrected chi connectivity index (χ0v) is 31.2. The van der Waals surface area contributed by atoms with Crippen LogP contribution in [0.2, 0.25) is 0 Å². The Balaban J connectivity index is 1.17. The SMILES string of the molecule is CN(C)CCN(CC1CCCO1)C(=O)c1cnc2c(SSc3cccc4cc(C(=O)N(CCN(C)C)CC5CCCO5)cnc34)cccc2c1. The molecule has 0 radical (unpaired) electrons. The van der Waals surface area contributed by atoms with Gasteiger partial charge >= 0.3 is 0 Å². The summed E-state index contributed by atoms with van der Waals surface area (Å²) in [4.78, 5) is 47.0. The predicted molar refractivity (Wildman–Crippen MR) is 202 cm³/mol. The van der Waals surface area contributed by atoms with Gasteiger partial charge in [0, 0.05) is 85.4 Å². The number of fused-ring (bicyclic) bond motifs is 2. The Labute approximate surface area is 303 Å². The Kier molecular flexibility index (Phi) is 12.6. The number of hydrogen-bond acceptors (Lipinski definition) is 10. The topological polar surface area (TPSA) is 91.3 Å². The molecule has 2 unspecified atom stereocenters. The van der Waals surface area contributed by atoms with Gasteiger partial charge in [0.25, 0.3) is 11.8 Å². The molecule has 2 amide bonds. The van der Waals surface area contributed by atoms with Crippen molar-refractivity contribution in [3.8, 4) is 0 Å². The quantitative estimate of drug-likeness (QED) is 0.138. The summed E-state index contributed by atoms with van der Waals surface area (Å²) < 4.78 is 11.7. The molecule has 2 saturated heterocycles. The molecule has 4 heterocycles. The van der Waals surface area contributed by atoms with Crippen LogP contribution >= 0.6 is 21.6 Å². The van der Waals surface area contributed by atoms with E-state index in [9.17, 15) is 9.59 Å². The van der Waals surface area contributed by atoms with Crippen molar-refractivity contribution in [3.63, 3.8) is 0 Å². The Morgan fingerprint density at radius 3 is 1.50 bits per heavy atom. The molecule has 0 saturated carbocycles. The summed E-state index contributed by atoms with van der Waals surface area (Å²) in [5.74, 6) is -0.0342. The molecule has 2 aliphatic rings. The van der Waals surface area contributed by atoms with Gasteiger partial charge in [-0.05, 0) is 78.1 Å². The van der Waals surface area contributed by atoms with Gasteiger partial charge in [-0.3, -0.25) is 19.6 Å². The number of benzene rings is 2. The second-order valence-electron chi connectivity index (χ2n) is 13.6. The zero-order valence-electron chi connectivity index (χ0n) is 29.5. The van der Waals surface area contributed by atoms with Gasteiger partial charge in [0.05, 0.1) is 34.4 Å². The molecule has 6 rings (SSSR count). The van der Waals surface area contributed by atoms with Crippen LogP contribution in [-0.4, -0.2) is 134 Å². The second-order valence-corrected chi connectivity index (χ2v) is 15.9. The Bertz CT molecular complexity index is 1650. The van der Waals surface area contributed by atoms with E-state index < -0.39 is 0 Å². The van der Waals surface area contributed by atoms with E-state index in [1.807, 2.05) is 74.4 Å². The number of carbonyl (C=O) groups excluding carboxylic acids is 2. The normalized spacial score (nSPS) is 17.7. The molecule has 0 bridgehead atoms. The molecular formula is C38H48N6O4S2. The molecule has 0 spiro atoms. The van der Waals surface area contributed by atoms with E-state index in [-0.39, 0.29) is 24.0 Å². The fourth-order valence-electron chi connectivity index (χ4n) is 6.35. The first kappa shape index (κ1) is 36.5. The summed E-state index contributed by atoms with van der Waals surface area (Å²) >= 11 is 0. The van der Waals surface area contributed by atoms with E-state index in [4.69, 9.17) is 19.4 Å². The van der Waals surface area contributed by atoms with Gasteiger partial charge in [-0.25, -0.2) is 0 Å². The first-order valence-corrected chi connectivity index (χ1v) is 19.6. The number of amides is 2. The molecule has 0 N–H and O–H groups in total. The van der Waals surface area contributed by atoms with Crippen molar-refractivity contribution < 1.29 is 19.1 Å². The molecule has 2 aliphatic heterocycles. The summed E-state index contributed by atoms with van der Waals surface area (Å²) in [6.45, 7) is 5.54. The minimum absolute atomic E-state index is 0.0171. The molecule has 50 heavy (non-hydrogen) atoms. The molecule has 0 aliphatic carbocycles. The van der Waals surface area contributed by atoms with Gasteiger partial charge in [0.2, 0.25) is 0 Å². The Morgan fingerprint density at radius 2 is 1.12 bits per heavy atom. The van der Waals surface area contributed by atoms with E-state index in [1.165, 1.54) is 0 Å². The van der Waals surface area contributed by atoms with Crippen LogP contribution in [0.4, 0.5) is 0 Å². The maximum atomic E-state index is 13.7. The van der Waals surface area contributed by atoms with Crippen molar-refractivity contribution >= 4 is 55.2 Å². The summed E-state index contributed by atoms with van der Waals surface area (Å²) in [6.07, 6.45) is 7.63. The average Bonchev–Trinajstić information content (AvgIpc) is 3.84. The van der Waals surface area contributed by atoms with Gasteiger partial charge in [-0.1, -0.05) is 45.9 Å². The Morgan fingerprint density at radius 1 is 0.680 bits per heavy atom. The van der Waals surface area contributed by atoms with Crippen molar-refractivity contribution in [1.29, 1.82) is 0 Å². The maximum Gasteiger partial charge on any atom is 0.255 e. The van der Waals surface area contributed by atoms with Gasteiger partial charge < -0.3 is 29.1 Å². The van der Waals surface area contributed by atoms with Crippen molar-refractivity contribution in [2.45, 2.75) is 47.7 Å². The Hall–Kier alpha value is -3.26. The van der Waals surface area contributed by atoms with Crippen LogP contribution in [0.1, 0.15) is 46.4 Å². The van der Waals surface area contributed by atoms with E-state index in [1.54, 1.807) is 34.0 Å². The van der Waals surface area contributed by atoms with Crippen LogP contribution in [0.3, 0.4) is 0 Å². The lowest BCUT2D eigenvalue weighted by molar-refractivity contribution is 0.0510. The van der Waals surface area contributed by atoms with Crippen LogP contribution in [0.15, 0.2) is 70.7 Å². The molecule has 2 aromatic heterocycles. The minimum Gasteiger partial charge on any atom is -0.376 e. The highest BCUT2D eigenvalue weighted by Gasteiger charge is 2.26. The smallest absolute Gasteiger partial charge is 0.255 e. The van der Waals surface area contributed by atoms with Gasteiger partial charge in [0.1, 0.15) is 0 Å².